The number of amides is 1. The van der Waals surface area contributed by atoms with E-state index in [-0.39, 0.29) is 29.7 Å². The van der Waals surface area contributed by atoms with Crippen molar-refractivity contribution in [1.29, 1.82) is 0 Å². The molecular formula is C13H16FN3O3. The third-order valence-corrected chi connectivity index (χ3v) is 3.15. The van der Waals surface area contributed by atoms with Crippen molar-refractivity contribution < 1.29 is 14.1 Å². The summed E-state index contributed by atoms with van der Waals surface area (Å²) in [5, 5.41) is 16.5. The van der Waals surface area contributed by atoms with Gasteiger partial charge in [0.05, 0.1) is 11.0 Å². The van der Waals surface area contributed by atoms with Gasteiger partial charge in [-0.15, -0.1) is 0 Å². The minimum Gasteiger partial charge on any atom is -0.352 e. The first-order chi connectivity index (χ1) is 9.47. The molecule has 0 heterocycles. The van der Waals surface area contributed by atoms with Crippen LogP contribution in [0.2, 0.25) is 0 Å². The number of halogens is 1. The van der Waals surface area contributed by atoms with Gasteiger partial charge >= 0.3 is 0 Å². The summed E-state index contributed by atoms with van der Waals surface area (Å²) in [6.07, 6.45) is 1.99. The van der Waals surface area contributed by atoms with E-state index in [4.69, 9.17) is 0 Å². The first-order valence-corrected chi connectivity index (χ1v) is 6.44. The Hall–Kier alpha value is -2.02. The van der Waals surface area contributed by atoms with Crippen LogP contribution in [0.4, 0.5) is 10.1 Å². The summed E-state index contributed by atoms with van der Waals surface area (Å²) in [5.74, 6) is -0.686. The average molecular weight is 281 g/mol. The fourth-order valence-electron chi connectivity index (χ4n) is 1.78. The lowest BCUT2D eigenvalue weighted by Crippen LogP contribution is -2.42. The Morgan fingerprint density at radius 3 is 2.85 bits per heavy atom. The largest absolute Gasteiger partial charge is 0.352 e. The molecule has 108 valence electrons. The molecule has 1 aromatic rings. The van der Waals surface area contributed by atoms with Crippen molar-refractivity contribution in [2.24, 2.45) is 0 Å². The van der Waals surface area contributed by atoms with Crippen molar-refractivity contribution in [3.8, 4) is 0 Å². The summed E-state index contributed by atoms with van der Waals surface area (Å²) in [6, 6.07) is 3.05. The highest BCUT2D eigenvalue weighted by Crippen LogP contribution is 2.20. The minimum atomic E-state index is -0.564. The number of carbonyl (C=O) groups excluding carboxylic acids is 1. The second kappa shape index (κ2) is 5.96. The number of rotatable bonds is 6. The molecule has 0 spiro atoms. The Kier molecular flexibility index (Phi) is 4.29. The van der Waals surface area contributed by atoms with E-state index in [0.717, 1.165) is 31.0 Å². The number of nitrogens with one attached hydrogen (secondary N) is 2. The molecular weight excluding hydrogens is 265 g/mol. The SMILES string of the molecule is CC(NCc1cc(F)ccc1[N+](=O)[O-])C(=O)NC1CC1. The van der Waals surface area contributed by atoms with Crippen LogP contribution in [0.25, 0.3) is 0 Å². The molecule has 0 saturated heterocycles. The fraction of sp³-hybridized carbons (Fsp3) is 0.462. The van der Waals surface area contributed by atoms with Crippen LogP contribution in [-0.2, 0) is 11.3 Å². The summed E-state index contributed by atoms with van der Waals surface area (Å²) in [5.41, 5.74) is 0.0646. The zero-order valence-electron chi connectivity index (χ0n) is 11.1. The summed E-state index contributed by atoms with van der Waals surface area (Å²) >= 11 is 0. The monoisotopic (exact) mass is 281 g/mol. The smallest absolute Gasteiger partial charge is 0.274 e. The van der Waals surface area contributed by atoms with Crippen molar-refractivity contribution in [3.63, 3.8) is 0 Å². The maximum atomic E-state index is 13.1. The summed E-state index contributed by atoms with van der Waals surface area (Å²) in [6.45, 7) is 1.73. The Labute approximate surface area is 115 Å². The lowest BCUT2D eigenvalue weighted by molar-refractivity contribution is -0.385. The first kappa shape index (κ1) is 14.4. The zero-order valence-corrected chi connectivity index (χ0v) is 11.1. The molecule has 1 amide bonds. The summed E-state index contributed by atoms with van der Waals surface area (Å²) in [4.78, 5) is 22.0. The number of carbonyl (C=O) groups is 1. The molecule has 6 nitrogen and oxygen atoms in total. The number of benzene rings is 1. The minimum absolute atomic E-state index is 0.0628. The Balaban J connectivity index is 1.96. The summed E-state index contributed by atoms with van der Waals surface area (Å²) < 4.78 is 13.1. The van der Waals surface area contributed by atoms with Crippen LogP contribution in [0.15, 0.2) is 18.2 Å². The standard InChI is InChI=1S/C13H16FN3O3/c1-8(13(18)16-11-3-4-11)15-7-9-6-10(14)2-5-12(9)17(19)20/h2,5-6,8,11,15H,3-4,7H2,1H3,(H,16,18). The van der Waals surface area contributed by atoms with Gasteiger partial charge in [-0.05, 0) is 31.9 Å². The Bertz CT molecular complexity index is 532. The molecule has 1 saturated carbocycles. The molecule has 7 heteroatoms. The normalized spacial score (nSPS) is 15.7. The molecule has 0 aromatic heterocycles. The predicted octanol–water partition coefficient (Wildman–Crippen LogP) is 1.49. The predicted molar refractivity (Wildman–Crippen MR) is 70.5 cm³/mol. The third kappa shape index (κ3) is 3.74. The van der Waals surface area contributed by atoms with Crippen LogP contribution < -0.4 is 10.6 Å². The van der Waals surface area contributed by atoms with Crippen LogP contribution in [0.5, 0.6) is 0 Å². The maximum Gasteiger partial charge on any atom is 0.274 e. The molecule has 1 aliphatic carbocycles. The highest BCUT2D eigenvalue weighted by atomic mass is 19.1. The van der Waals surface area contributed by atoms with Crippen molar-refractivity contribution in [3.05, 3.63) is 39.7 Å². The summed E-state index contributed by atoms with van der Waals surface area (Å²) in [7, 11) is 0. The van der Waals surface area contributed by atoms with Gasteiger partial charge in [0.1, 0.15) is 5.82 Å². The number of nitro benzene ring substituents is 1. The first-order valence-electron chi connectivity index (χ1n) is 6.44. The highest BCUT2D eigenvalue weighted by molar-refractivity contribution is 5.81. The maximum absolute atomic E-state index is 13.1. The van der Waals surface area contributed by atoms with Gasteiger partial charge in [-0.2, -0.15) is 0 Å². The molecule has 1 fully saturated rings. The number of hydrogen-bond acceptors (Lipinski definition) is 4. The van der Waals surface area contributed by atoms with Gasteiger partial charge in [0.15, 0.2) is 0 Å². The third-order valence-electron chi connectivity index (χ3n) is 3.15. The van der Waals surface area contributed by atoms with Gasteiger partial charge in [0.2, 0.25) is 5.91 Å². The van der Waals surface area contributed by atoms with E-state index < -0.39 is 16.8 Å². The molecule has 1 aromatic carbocycles. The zero-order chi connectivity index (χ0) is 14.7. The lowest BCUT2D eigenvalue weighted by atomic mass is 10.1. The van der Waals surface area contributed by atoms with E-state index in [0.29, 0.717) is 0 Å². The van der Waals surface area contributed by atoms with Crippen LogP contribution in [-0.4, -0.2) is 22.9 Å². The number of nitrogens with zero attached hydrogens (tertiary/aromatic N) is 1. The van der Waals surface area contributed by atoms with Crippen molar-refractivity contribution in [1.82, 2.24) is 10.6 Å². The van der Waals surface area contributed by atoms with E-state index in [2.05, 4.69) is 10.6 Å². The quantitative estimate of drug-likeness (QED) is 0.611. The van der Waals surface area contributed by atoms with E-state index in [1.165, 1.54) is 0 Å². The Morgan fingerprint density at radius 1 is 1.55 bits per heavy atom. The fourth-order valence-corrected chi connectivity index (χ4v) is 1.78. The topological polar surface area (TPSA) is 84.3 Å². The number of hydrogen-bond donors (Lipinski definition) is 2. The Morgan fingerprint density at radius 2 is 2.25 bits per heavy atom. The van der Waals surface area contributed by atoms with Gasteiger partial charge < -0.3 is 10.6 Å². The van der Waals surface area contributed by atoms with E-state index in [1.54, 1.807) is 6.92 Å². The lowest BCUT2D eigenvalue weighted by Gasteiger charge is -2.13. The van der Waals surface area contributed by atoms with Crippen LogP contribution in [0, 0.1) is 15.9 Å². The van der Waals surface area contributed by atoms with Gasteiger partial charge in [0.25, 0.3) is 5.69 Å². The molecule has 1 aliphatic rings. The molecule has 1 atom stereocenters. The van der Waals surface area contributed by atoms with E-state index in [1.807, 2.05) is 0 Å². The molecule has 0 aliphatic heterocycles. The van der Waals surface area contributed by atoms with Gasteiger partial charge in [-0.25, -0.2) is 4.39 Å². The second-order valence-electron chi connectivity index (χ2n) is 4.92. The van der Waals surface area contributed by atoms with E-state index >= 15 is 0 Å². The van der Waals surface area contributed by atoms with Crippen LogP contribution >= 0.6 is 0 Å². The molecule has 2 N–H and O–H groups in total. The van der Waals surface area contributed by atoms with Crippen molar-refractivity contribution in [2.45, 2.75) is 38.4 Å². The van der Waals surface area contributed by atoms with Gasteiger partial charge in [-0.3, -0.25) is 14.9 Å². The molecule has 20 heavy (non-hydrogen) atoms. The highest BCUT2D eigenvalue weighted by Gasteiger charge is 2.25. The van der Waals surface area contributed by atoms with Crippen LogP contribution in [0.3, 0.4) is 0 Å². The molecule has 1 unspecified atom stereocenters. The second-order valence-corrected chi connectivity index (χ2v) is 4.92. The molecule has 0 bridgehead atoms. The van der Waals surface area contributed by atoms with Gasteiger partial charge in [0, 0.05) is 24.2 Å². The average Bonchev–Trinajstić information content (AvgIpc) is 3.19. The van der Waals surface area contributed by atoms with Crippen molar-refractivity contribution in [2.75, 3.05) is 0 Å². The van der Waals surface area contributed by atoms with Gasteiger partial charge in [-0.1, -0.05) is 0 Å². The van der Waals surface area contributed by atoms with E-state index in [9.17, 15) is 19.3 Å². The van der Waals surface area contributed by atoms with Crippen LogP contribution in [0.1, 0.15) is 25.3 Å². The molecule has 0 radical (unpaired) electrons. The number of nitro groups is 1. The van der Waals surface area contributed by atoms with Crippen molar-refractivity contribution >= 4 is 11.6 Å². The molecule has 2 rings (SSSR count).